The Balaban J connectivity index is 2.33. The quantitative estimate of drug-likeness (QED) is 0.669. The summed E-state index contributed by atoms with van der Waals surface area (Å²) in [6.45, 7) is 4.23. The first-order chi connectivity index (χ1) is 6.48. The summed E-state index contributed by atoms with van der Waals surface area (Å²) in [6.07, 6.45) is 2.18. The van der Waals surface area contributed by atoms with Gasteiger partial charge in [0, 0.05) is 13.7 Å². The van der Waals surface area contributed by atoms with Crippen molar-refractivity contribution in [1.82, 2.24) is 5.32 Å². The predicted molar refractivity (Wildman–Crippen MR) is 54.8 cm³/mol. The van der Waals surface area contributed by atoms with E-state index in [2.05, 4.69) is 5.32 Å². The van der Waals surface area contributed by atoms with Crippen LogP contribution in [0.15, 0.2) is 0 Å². The Hall–Kier alpha value is -0.610. The lowest BCUT2D eigenvalue weighted by Gasteiger charge is -2.24. The van der Waals surface area contributed by atoms with Crippen molar-refractivity contribution in [2.45, 2.75) is 38.3 Å². The molecule has 1 fully saturated rings. The van der Waals surface area contributed by atoms with Crippen molar-refractivity contribution >= 4 is 5.91 Å². The molecule has 4 nitrogen and oxygen atoms in total. The Bertz CT molecular complexity index is 212. The lowest BCUT2D eigenvalue weighted by atomic mass is 9.96. The van der Waals surface area contributed by atoms with E-state index in [-0.39, 0.29) is 12.0 Å². The normalized spacial score (nSPS) is 22.6. The molecule has 1 aliphatic rings. The van der Waals surface area contributed by atoms with Gasteiger partial charge in [-0.1, -0.05) is 0 Å². The molecule has 0 aliphatic heterocycles. The fraction of sp³-hybridized carbons (Fsp3) is 0.900. The van der Waals surface area contributed by atoms with Crippen LogP contribution in [0.5, 0.6) is 0 Å². The maximum atomic E-state index is 11.7. The zero-order chi connectivity index (χ0) is 10.8. The Labute approximate surface area is 85.2 Å². The van der Waals surface area contributed by atoms with E-state index in [1.165, 1.54) is 0 Å². The molecule has 1 saturated carbocycles. The molecule has 3 N–H and O–H groups in total. The number of nitrogens with two attached hydrogens (primary N) is 1. The molecular weight excluding hydrogens is 180 g/mol. The number of carbonyl (C=O) groups excluding carboxylic acids is 1. The van der Waals surface area contributed by atoms with E-state index in [4.69, 9.17) is 10.5 Å². The SMILES string of the molecule is COC(C)CNC(=O)C(C)(N)C1CC1. The molecule has 1 rings (SSSR count). The summed E-state index contributed by atoms with van der Waals surface area (Å²) in [4.78, 5) is 11.7. The Morgan fingerprint density at radius 3 is 2.71 bits per heavy atom. The van der Waals surface area contributed by atoms with Crippen LogP contribution in [0.2, 0.25) is 0 Å². The molecule has 0 aromatic heterocycles. The fourth-order valence-corrected chi connectivity index (χ4v) is 1.38. The molecule has 2 unspecified atom stereocenters. The summed E-state index contributed by atoms with van der Waals surface area (Å²) in [5.41, 5.74) is 5.24. The Kier molecular flexibility index (Phi) is 3.50. The van der Waals surface area contributed by atoms with Crippen molar-refractivity contribution in [3.63, 3.8) is 0 Å². The Morgan fingerprint density at radius 2 is 2.29 bits per heavy atom. The summed E-state index contributed by atoms with van der Waals surface area (Å²) < 4.78 is 5.03. The summed E-state index contributed by atoms with van der Waals surface area (Å²) >= 11 is 0. The number of hydrogen-bond acceptors (Lipinski definition) is 3. The van der Waals surface area contributed by atoms with E-state index in [1.807, 2.05) is 6.92 Å². The third-order valence-electron chi connectivity index (χ3n) is 2.87. The van der Waals surface area contributed by atoms with Gasteiger partial charge in [0.25, 0.3) is 0 Å². The molecular formula is C10H20N2O2. The van der Waals surface area contributed by atoms with Crippen LogP contribution >= 0.6 is 0 Å². The molecule has 82 valence electrons. The van der Waals surface area contributed by atoms with Gasteiger partial charge < -0.3 is 15.8 Å². The van der Waals surface area contributed by atoms with Gasteiger partial charge in [0.15, 0.2) is 0 Å². The number of rotatable bonds is 5. The van der Waals surface area contributed by atoms with E-state index in [0.29, 0.717) is 12.5 Å². The van der Waals surface area contributed by atoms with Crippen LogP contribution in [0.4, 0.5) is 0 Å². The van der Waals surface area contributed by atoms with Crippen molar-refractivity contribution in [3.8, 4) is 0 Å². The highest BCUT2D eigenvalue weighted by molar-refractivity contribution is 5.86. The highest BCUT2D eigenvalue weighted by Crippen LogP contribution is 2.37. The third kappa shape index (κ3) is 2.69. The van der Waals surface area contributed by atoms with Crippen LogP contribution in [-0.4, -0.2) is 31.2 Å². The molecule has 0 bridgehead atoms. The standard InChI is InChI=1S/C10H20N2O2/c1-7(14-3)6-12-9(13)10(2,11)8-4-5-8/h7-8H,4-6,11H2,1-3H3,(H,12,13). The predicted octanol–water partition coefficient (Wildman–Crippen LogP) is 0.265. The number of carbonyl (C=O) groups is 1. The maximum Gasteiger partial charge on any atom is 0.240 e. The van der Waals surface area contributed by atoms with E-state index in [1.54, 1.807) is 14.0 Å². The van der Waals surface area contributed by atoms with Crippen molar-refractivity contribution in [2.24, 2.45) is 11.7 Å². The van der Waals surface area contributed by atoms with Crippen molar-refractivity contribution < 1.29 is 9.53 Å². The highest BCUT2D eigenvalue weighted by Gasteiger charge is 2.43. The minimum atomic E-state index is -0.701. The minimum Gasteiger partial charge on any atom is -0.380 e. The lowest BCUT2D eigenvalue weighted by molar-refractivity contribution is -0.127. The van der Waals surface area contributed by atoms with Crippen LogP contribution in [-0.2, 0) is 9.53 Å². The third-order valence-corrected chi connectivity index (χ3v) is 2.87. The number of nitrogens with one attached hydrogen (secondary N) is 1. The topological polar surface area (TPSA) is 64.3 Å². The van der Waals surface area contributed by atoms with Gasteiger partial charge in [-0.15, -0.1) is 0 Å². The number of ether oxygens (including phenoxy) is 1. The molecule has 14 heavy (non-hydrogen) atoms. The monoisotopic (exact) mass is 200 g/mol. The molecule has 0 aromatic carbocycles. The van der Waals surface area contributed by atoms with Crippen molar-refractivity contribution in [1.29, 1.82) is 0 Å². The first-order valence-electron chi connectivity index (χ1n) is 5.08. The largest absolute Gasteiger partial charge is 0.380 e. The van der Waals surface area contributed by atoms with Gasteiger partial charge >= 0.3 is 0 Å². The molecule has 0 spiro atoms. The molecule has 1 aliphatic carbocycles. The van der Waals surface area contributed by atoms with Gasteiger partial charge in [-0.2, -0.15) is 0 Å². The van der Waals surface area contributed by atoms with Crippen LogP contribution in [0.3, 0.4) is 0 Å². The van der Waals surface area contributed by atoms with Crippen LogP contribution in [0, 0.1) is 5.92 Å². The smallest absolute Gasteiger partial charge is 0.240 e. The minimum absolute atomic E-state index is 0.0361. The first kappa shape index (κ1) is 11.5. The fourth-order valence-electron chi connectivity index (χ4n) is 1.38. The van der Waals surface area contributed by atoms with Gasteiger partial charge in [-0.05, 0) is 32.6 Å². The molecule has 1 amide bonds. The average Bonchev–Trinajstić information content (AvgIpc) is 2.96. The molecule has 2 atom stereocenters. The van der Waals surface area contributed by atoms with E-state index in [0.717, 1.165) is 12.8 Å². The molecule has 4 heteroatoms. The average molecular weight is 200 g/mol. The highest BCUT2D eigenvalue weighted by atomic mass is 16.5. The van der Waals surface area contributed by atoms with E-state index in [9.17, 15) is 4.79 Å². The van der Waals surface area contributed by atoms with Crippen LogP contribution in [0.1, 0.15) is 26.7 Å². The number of amides is 1. The van der Waals surface area contributed by atoms with Gasteiger partial charge in [-0.25, -0.2) is 0 Å². The van der Waals surface area contributed by atoms with Gasteiger partial charge in [0.2, 0.25) is 5.91 Å². The Morgan fingerprint density at radius 1 is 1.71 bits per heavy atom. The van der Waals surface area contributed by atoms with Crippen molar-refractivity contribution in [3.05, 3.63) is 0 Å². The molecule has 0 heterocycles. The second kappa shape index (κ2) is 4.28. The zero-order valence-corrected chi connectivity index (χ0v) is 9.17. The van der Waals surface area contributed by atoms with Crippen LogP contribution in [0.25, 0.3) is 0 Å². The second-order valence-electron chi connectivity index (χ2n) is 4.31. The van der Waals surface area contributed by atoms with E-state index >= 15 is 0 Å². The summed E-state index contributed by atoms with van der Waals surface area (Å²) in [5.74, 6) is 0.296. The molecule has 0 aromatic rings. The van der Waals surface area contributed by atoms with E-state index < -0.39 is 5.54 Å². The summed E-state index contributed by atoms with van der Waals surface area (Å²) in [7, 11) is 1.62. The molecule has 0 radical (unpaired) electrons. The van der Waals surface area contributed by atoms with Gasteiger partial charge in [-0.3, -0.25) is 4.79 Å². The van der Waals surface area contributed by atoms with Crippen LogP contribution < -0.4 is 11.1 Å². The maximum absolute atomic E-state index is 11.7. The van der Waals surface area contributed by atoms with Gasteiger partial charge in [0.05, 0.1) is 11.6 Å². The molecule has 0 saturated heterocycles. The van der Waals surface area contributed by atoms with Crippen molar-refractivity contribution in [2.75, 3.05) is 13.7 Å². The zero-order valence-electron chi connectivity index (χ0n) is 9.17. The summed E-state index contributed by atoms with van der Waals surface area (Å²) in [5, 5.41) is 2.81. The first-order valence-corrected chi connectivity index (χ1v) is 5.08. The number of hydrogen-bond donors (Lipinski definition) is 2. The summed E-state index contributed by atoms with van der Waals surface area (Å²) in [6, 6.07) is 0. The second-order valence-corrected chi connectivity index (χ2v) is 4.31. The number of methoxy groups -OCH3 is 1. The van der Waals surface area contributed by atoms with Gasteiger partial charge in [0.1, 0.15) is 0 Å². The lowest BCUT2D eigenvalue weighted by Crippen LogP contribution is -2.54.